The largest absolute Gasteiger partial charge is 0.331 e. The number of hydrogen-bond acceptors (Lipinski definition) is 3. The Morgan fingerprint density at radius 1 is 1.17 bits per heavy atom. The molecule has 0 atom stereocenters. The predicted molar refractivity (Wildman–Crippen MR) is 67.7 cm³/mol. The molecule has 18 heavy (non-hydrogen) atoms. The number of urea groups is 1. The molecule has 0 saturated carbocycles. The van der Waals surface area contributed by atoms with E-state index in [1.54, 1.807) is 12.1 Å². The molecule has 5 nitrogen and oxygen atoms in total. The summed E-state index contributed by atoms with van der Waals surface area (Å²) in [6, 6.07) is 5.86. The van der Waals surface area contributed by atoms with Gasteiger partial charge in [0.15, 0.2) is 0 Å². The molecule has 1 fully saturated rings. The second-order valence-corrected chi connectivity index (χ2v) is 6.10. The molecule has 0 aliphatic carbocycles. The molecule has 0 bridgehead atoms. The van der Waals surface area contributed by atoms with Crippen LogP contribution < -0.4 is 4.72 Å². The summed E-state index contributed by atoms with van der Waals surface area (Å²) in [6.07, 6.45) is 1.86. The van der Waals surface area contributed by atoms with E-state index in [1.165, 1.54) is 17.0 Å². The lowest BCUT2D eigenvalue weighted by Gasteiger charge is -2.16. The summed E-state index contributed by atoms with van der Waals surface area (Å²) in [4.78, 5) is 13.4. The summed E-state index contributed by atoms with van der Waals surface area (Å²) in [5.74, 6) is 0. The lowest BCUT2D eigenvalue weighted by molar-refractivity contribution is 0.215. The zero-order chi connectivity index (χ0) is 13.2. The van der Waals surface area contributed by atoms with Crippen molar-refractivity contribution in [1.82, 2.24) is 9.62 Å². The van der Waals surface area contributed by atoms with Crippen LogP contribution >= 0.6 is 0 Å². The van der Waals surface area contributed by atoms with E-state index in [-0.39, 0.29) is 4.90 Å². The van der Waals surface area contributed by atoms with Crippen LogP contribution in [0, 0.1) is 6.92 Å². The number of rotatable bonds is 2. The number of likely N-dealkylation sites (tertiary alicyclic amines) is 1. The summed E-state index contributed by atoms with van der Waals surface area (Å²) in [6.45, 7) is 3.11. The average Bonchev–Trinajstić information content (AvgIpc) is 2.82. The Bertz CT molecular complexity index is 531. The van der Waals surface area contributed by atoms with Crippen LogP contribution in [-0.2, 0) is 10.0 Å². The van der Waals surface area contributed by atoms with Crippen molar-refractivity contribution in [2.24, 2.45) is 0 Å². The molecule has 1 heterocycles. The Hall–Kier alpha value is -1.56. The van der Waals surface area contributed by atoms with Gasteiger partial charge in [-0.2, -0.15) is 0 Å². The summed E-state index contributed by atoms with van der Waals surface area (Å²) < 4.78 is 26.0. The molecule has 98 valence electrons. The molecule has 0 unspecified atom stereocenters. The van der Waals surface area contributed by atoms with Crippen LogP contribution in [0.4, 0.5) is 4.79 Å². The number of benzene rings is 1. The van der Waals surface area contributed by atoms with Gasteiger partial charge in [-0.05, 0) is 31.9 Å². The number of hydrogen-bond donors (Lipinski definition) is 1. The Morgan fingerprint density at radius 3 is 2.28 bits per heavy atom. The number of aryl methyl sites for hydroxylation is 1. The van der Waals surface area contributed by atoms with Crippen molar-refractivity contribution in [2.75, 3.05) is 13.1 Å². The van der Waals surface area contributed by atoms with Crippen LogP contribution in [0.5, 0.6) is 0 Å². The van der Waals surface area contributed by atoms with Gasteiger partial charge in [0.05, 0.1) is 4.90 Å². The summed E-state index contributed by atoms with van der Waals surface area (Å²) in [5.41, 5.74) is 0.972. The summed E-state index contributed by atoms with van der Waals surface area (Å²) in [5, 5.41) is 0. The summed E-state index contributed by atoms with van der Waals surface area (Å²) in [7, 11) is -3.75. The van der Waals surface area contributed by atoms with Gasteiger partial charge in [-0.3, -0.25) is 0 Å². The second-order valence-electron chi connectivity index (χ2n) is 4.42. The van der Waals surface area contributed by atoms with Gasteiger partial charge in [0.1, 0.15) is 0 Å². The molecule has 0 spiro atoms. The van der Waals surface area contributed by atoms with E-state index in [4.69, 9.17) is 0 Å². The maximum Gasteiger partial charge on any atom is 0.331 e. The highest BCUT2D eigenvalue weighted by molar-refractivity contribution is 7.90. The SMILES string of the molecule is Cc1ccc(S(=O)(=O)NC(=O)N2CCCC2)cc1. The maximum absolute atomic E-state index is 12.0. The van der Waals surface area contributed by atoms with E-state index < -0.39 is 16.1 Å². The molecule has 6 heteroatoms. The van der Waals surface area contributed by atoms with Crippen molar-refractivity contribution in [3.8, 4) is 0 Å². The second kappa shape index (κ2) is 4.97. The van der Waals surface area contributed by atoms with Crippen molar-refractivity contribution in [3.05, 3.63) is 29.8 Å². The lowest BCUT2D eigenvalue weighted by Crippen LogP contribution is -2.41. The first-order valence-electron chi connectivity index (χ1n) is 5.87. The molecule has 0 aromatic heterocycles. The molecule has 0 radical (unpaired) electrons. The van der Waals surface area contributed by atoms with Crippen LogP contribution in [0.25, 0.3) is 0 Å². The molecular formula is C12H16N2O3S. The molecule has 2 amide bonds. The van der Waals surface area contributed by atoms with E-state index in [9.17, 15) is 13.2 Å². The Kier molecular flexibility index (Phi) is 3.56. The Morgan fingerprint density at radius 2 is 1.72 bits per heavy atom. The van der Waals surface area contributed by atoms with Gasteiger partial charge in [-0.25, -0.2) is 17.9 Å². The molecule has 1 N–H and O–H groups in total. The molecule has 1 aliphatic rings. The van der Waals surface area contributed by atoms with Gasteiger partial charge in [-0.1, -0.05) is 17.7 Å². The molecule has 1 aromatic rings. The Labute approximate surface area is 107 Å². The van der Waals surface area contributed by atoms with Crippen LogP contribution in [-0.4, -0.2) is 32.4 Å². The number of amides is 2. The minimum absolute atomic E-state index is 0.112. The fourth-order valence-electron chi connectivity index (χ4n) is 1.88. The van der Waals surface area contributed by atoms with Crippen molar-refractivity contribution < 1.29 is 13.2 Å². The van der Waals surface area contributed by atoms with Crippen molar-refractivity contribution in [1.29, 1.82) is 0 Å². The normalized spacial score (nSPS) is 15.7. The number of carbonyl (C=O) groups is 1. The predicted octanol–water partition coefficient (Wildman–Crippen LogP) is 1.49. The lowest BCUT2D eigenvalue weighted by atomic mass is 10.2. The number of sulfonamides is 1. The number of carbonyl (C=O) groups excluding carboxylic acids is 1. The fraction of sp³-hybridized carbons (Fsp3) is 0.417. The third-order valence-corrected chi connectivity index (χ3v) is 4.28. The fourth-order valence-corrected chi connectivity index (χ4v) is 2.85. The highest BCUT2D eigenvalue weighted by atomic mass is 32.2. The van der Waals surface area contributed by atoms with Crippen LogP contribution in [0.2, 0.25) is 0 Å². The van der Waals surface area contributed by atoms with Crippen molar-refractivity contribution >= 4 is 16.1 Å². The molecule has 1 aliphatic heterocycles. The van der Waals surface area contributed by atoms with E-state index in [2.05, 4.69) is 4.72 Å². The van der Waals surface area contributed by atoms with Gasteiger partial charge in [0.25, 0.3) is 10.0 Å². The number of nitrogens with zero attached hydrogens (tertiary/aromatic N) is 1. The van der Waals surface area contributed by atoms with Gasteiger partial charge in [0.2, 0.25) is 0 Å². The zero-order valence-electron chi connectivity index (χ0n) is 10.2. The van der Waals surface area contributed by atoms with Crippen LogP contribution in [0.3, 0.4) is 0 Å². The van der Waals surface area contributed by atoms with Gasteiger partial charge >= 0.3 is 6.03 Å². The van der Waals surface area contributed by atoms with Crippen molar-refractivity contribution in [3.63, 3.8) is 0 Å². The Balaban J connectivity index is 2.11. The highest BCUT2D eigenvalue weighted by Gasteiger charge is 2.23. The van der Waals surface area contributed by atoms with E-state index >= 15 is 0 Å². The minimum atomic E-state index is -3.75. The van der Waals surface area contributed by atoms with Crippen molar-refractivity contribution in [2.45, 2.75) is 24.7 Å². The average molecular weight is 268 g/mol. The van der Waals surface area contributed by atoms with Crippen LogP contribution in [0.1, 0.15) is 18.4 Å². The van der Waals surface area contributed by atoms with E-state index in [0.717, 1.165) is 18.4 Å². The smallest absolute Gasteiger partial charge is 0.324 e. The minimum Gasteiger partial charge on any atom is -0.324 e. The third kappa shape index (κ3) is 2.81. The van der Waals surface area contributed by atoms with Crippen LogP contribution in [0.15, 0.2) is 29.2 Å². The standard InChI is InChI=1S/C12H16N2O3S/c1-10-4-6-11(7-5-10)18(16,17)13-12(15)14-8-2-3-9-14/h4-7H,2-3,8-9H2,1H3,(H,13,15). The van der Waals surface area contributed by atoms with E-state index in [0.29, 0.717) is 13.1 Å². The first kappa shape index (κ1) is 12.9. The highest BCUT2D eigenvalue weighted by Crippen LogP contribution is 2.12. The molecule has 1 aromatic carbocycles. The zero-order valence-corrected chi connectivity index (χ0v) is 11.0. The quantitative estimate of drug-likeness (QED) is 0.883. The van der Waals surface area contributed by atoms with Gasteiger partial charge in [0, 0.05) is 13.1 Å². The maximum atomic E-state index is 12.0. The van der Waals surface area contributed by atoms with Gasteiger partial charge in [-0.15, -0.1) is 0 Å². The first-order valence-corrected chi connectivity index (χ1v) is 7.36. The molecule has 2 rings (SSSR count). The first-order chi connectivity index (χ1) is 8.49. The third-order valence-electron chi connectivity index (χ3n) is 2.95. The molecular weight excluding hydrogens is 252 g/mol. The van der Waals surface area contributed by atoms with E-state index in [1.807, 2.05) is 6.92 Å². The summed E-state index contributed by atoms with van der Waals surface area (Å²) >= 11 is 0. The molecule has 1 saturated heterocycles. The number of nitrogens with one attached hydrogen (secondary N) is 1. The van der Waals surface area contributed by atoms with Gasteiger partial charge < -0.3 is 4.90 Å². The topological polar surface area (TPSA) is 66.5 Å². The monoisotopic (exact) mass is 268 g/mol.